The van der Waals surface area contributed by atoms with Gasteiger partial charge in [0.25, 0.3) is 11.8 Å². The summed E-state index contributed by atoms with van der Waals surface area (Å²) < 4.78 is 0. The topological polar surface area (TPSA) is 86.7 Å². The molecule has 0 aliphatic carbocycles. The Morgan fingerprint density at radius 1 is 0.893 bits per heavy atom. The largest absolute Gasteiger partial charge is 0.481 e. The zero-order valence-corrected chi connectivity index (χ0v) is 15.3. The molecule has 2 amide bonds. The number of amides is 2. The number of carbonyl (C=O) groups excluding carboxylic acids is 2. The van der Waals surface area contributed by atoms with Gasteiger partial charge < -0.3 is 15.3 Å². The van der Waals surface area contributed by atoms with Crippen LogP contribution in [0.25, 0.3) is 11.1 Å². The number of benzene rings is 2. The Balaban J connectivity index is 1.67. The zero-order chi connectivity index (χ0) is 19.7. The van der Waals surface area contributed by atoms with Gasteiger partial charge in [-0.25, -0.2) is 0 Å². The molecule has 0 radical (unpaired) electrons. The van der Waals surface area contributed by atoms with Crippen LogP contribution in [0.3, 0.4) is 0 Å². The minimum absolute atomic E-state index is 0.136. The van der Waals surface area contributed by atoms with E-state index >= 15 is 0 Å². The third kappa shape index (κ3) is 3.07. The number of carboxylic acid groups (broad SMARTS) is 1. The second kappa shape index (κ2) is 7.31. The average molecular weight is 376 g/mol. The van der Waals surface area contributed by atoms with E-state index in [1.165, 1.54) is 0 Å². The summed E-state index contributed by atoms with van der Waals surface area (Å²) in [5, 5.41) is 11.6. The van der Waals surface area contributed by atoms with Crippen LogP contribution in [0.2, 0.25) is 0 Å². The van der Waals surface area contributed by atoms with E-state index in [0.717, 1.165) is 23.2 Å². The number of rotatable bonds is 6. The summed E-state index contributed by atoms with van der Waals surface area (Å²) in [4.78, 5) is 38.3. The van der Waals surface area contributed by atoms with Crippen molar-refractivity contribution in [2.75, 3.05) is 16.8 Å². The average Bonchev–Trinajstić information content (AvgIpc) is 3.14. The lowest BCUT2D eigenvalue weighted by Gasteiger charge is -2.16. The molecule has 0 saturated heterocycles. The molecule has 0 spiro atoms. The predicted molar refractivity (Wildman–Crippen MR) is 107 cm³/mol. The van der Waals surface area contributed by atoms with Crippen LogP contribution in [-0.2, 0) is 14.4 Å². The first-order valence-corrected chi connectivity index (χ1v) is 9.36. The Bertz CT molecular complexity index is 1010. The quantitative estimate of drug-likeness (QED) is 0.596. The van der Waals surface area contributed by atoms with E-state index in [1.807, 2.05) is 48.5 Å². The summed E-state index contributed by atoms with van der Waals surface area (Å²) in [6.45, 7) is 0.496. The minimum Gasteiger partial charge on any atom is -0.481 e. The first kappa shape index (κ1) is 18.0. The highest BCUT2D eigenvalue weighted by Gasteiger charge is 2.38. The second-order valence-electron chi connectivity index (χ2n) is 6.93. The van der Waals surface area contributed by atoms with Gasteiger partial charge in [0.05, 0.1) is 16.8 Å². The molecule has 4 rings (SSSR count). The molecule has 2 aromatic carbocycles. The van der Waals surface area contributed by atoms with E-state index in [1.54, 1.807) is 4.90 Å². The van der Waals surface area contributed by atoms with Crippen molar-refractivity contribution in [3.8, 4) is 0 Å². The van der Waals surface area contributed by atoms with E-state index in [-0.39, 0.29) is 18.2 Å². The van der Waals surface area contributed by atoms with Crippen LogP contribution in [0.5, 0.6) is 0 Å². The molecule has 2 N–H and O–H groups in total. The van der Waals surface area contributed by atoms with Gasteiger partial charge >= 0.3 is 5.97 Å². The van der Waals surface area contributed by atoms with Gasteiger partial charge in [0.1, 0.15) is 0 Å². The Morgan fingerprint density at radius 3 is 2.39 bits per heavy atom. The van der Waals surface area contributed by atoms with E-state index < -0.39 is 5.97 Å². The van der Waals surface area contributed by atoms with E-state index in [4.69, 9.17) is 5.11 Å². The van der Waals surface area contributed by atoms with Crippen molar-refractivity contribution in [3.63, 3.8) is 0 Å². The molecule has 6 nitrogen and oxygen atoms in total. The van der Waals surface area contributed by atoms with Gasteiger partial charge in [0.15, 0.2) is 0 Å². The molecule has 0 unspecified atom stereocenters. The lowest BCUT2D eigenvalue weighted by atomic mass is 9.96. The van der Waals surface area contributed by atoms with E-state index in [2.05, 4.69) is 5.32 Å². The van der Waals surface area contributed by atoms with Gasteiger partial charge in [0.2, 0.25) is 0 Å². The van der Waals surface area contributed by atoms with Gasteiger partial charge in [-0.15, -0.1) is 0 Å². The van der Waals surface area contributed by atoms with E-state index in [9.17, 15) is 14.4 Å². The lowest BCUT2D eigenvalue weighted by molar-refractivity contribution is -0.137. The molecule has 0 aromatic heterocycles. The summed E-state index contributed by atoms with van der Waals surface area (Å²) >= 11 is 0. The van der Waals surface area contributed by atoms with Crippen molar-refractivity contribution in [2.24, 2.45) is 0 Å². The Morgan fingerprint density at radius 2 is 1.61 bits per heavy atom. The van der Waals surface area contributed by atoms with Crippen molar-refractivity contribution >= 4 is 40.3 Å². The molecule has 0 bridgehead atoms. The number of hydrogen-bond acceptors (Lipinski definition) is 3. The molecule has 0 atom stereocenters. The highest BCUT2D eigenvalue weighted by Crippen LogP contribution is 2.44. The fourth-order valence-electron chi connectivity index (χ4n) is 3.83. The number of carboxylic acids is 1. The Kier molecular flexibility index (Phi) is 4.69. The van der Waals surface area contributed by atoms with Crippen LogP contribution in [0.4, 0.5) is 11.4 Å². The van der Waals surface area contributed by atoms with Crippen LogP contribution in [0, 0.1) is 0 Å². The first-order chi connectivity index (χ1) is 13.6. The number of carbonyl (C=O) groups is 3. The molecule has 0 fully saturated rings. The number of fused-ring (bicyclic) bond motifs is 2. The monoisotopic (exact) mass is 376 g/mol. The molecule has 6 heteroatoms. The molecule has 2 aliphatic rings. The second-order valence-corrected chi connectivity index (χ2v) is 6.93. The van der Waals surface area contributed by atoms with Gasteiger partial charge in [-0.1, -0.05) is 42.8 Å². The number of hydrogen-bond donors (Lipinski definition) is 2. The predicted octanol–water partition coefficient (Wildman–Crippen LogP) is 3.54. The summed E-state index contributed by atoms with van der Waals surface area (Å²) in [6.07, 6.45) is 2.16. The SMILES string of the molecule is O=C(O)CCCCCN1C(=O)/C(=C2/C(=O)Nc3ccccc32)c2ccccc21. The molecular weight excluding hydrogens is 356 g/mol. The molecule has 142 valence electrons. The molecule has 0 saturated carbocycles. The maximum atomic E-state index is 13.3. The van der Waals surface area contributed by atoms with Crippen LogP contribution in [-0.4, -0.2) is 29.4 Å². The number of unbranched alkanes of at least 4 members (excludes halogenated alkanes) is 2. The molecular formula is C22H20N2O4. The van der Waals surface area contributed by atoms with Crippen LogP contribution in [0.15, 0.2) is 48.5 Å². The van der Waals surface area contributed by atoms with Crippen molar-refractivity contribution in [1.29, 1.82) is 0 Å². The van der Waals surface area contributed by atoms with Gasteiger partial charge in [-0.3, -0.25) is 14.4 Å². The fourth-order valence-corrected chi connectivity index (χ4v) is 3.83. The smallest absolute Gasteiger partial charge is 0.303 e. The zero-order valence-electron chi connectivity index (χ0n) is 15.3. The number of aliphatic carboxylic acids is 1. The number of para-hydroxylation sites is 2. The lowest BCUT2D eigenvalue weighted by Crippen LogP contribution is -2.28. The number of anilines is 2. The Labute approximate surface area is 162 Å². The standard InChI is InChI=1S/C22H20N2O4/c25-18(26)12-2-1-7-13-24-17-11-6-4-9-15(17)20(22(24)28)19-14-8-3-5-10-16(14)23-21(19)27/h3-6,8-11H,1-2,7,12-13H2,(H,23,27)(H,25,26)/b20-19+. The van der Waals surface area contributed by atoms with Gasteiger partial charge in [-0.05, 0) is 25.0 Å². The summed E-state index contributed by atoms with van der Waals surface area (Å²) in [5.74, 6) is -1.25. The third-order valence-corrected chi connectivity index (χ3v) is 5.12. The molecule has 28 heavy (non-hydrogen) atoms. The first-order valence-electron chi connectivity index (χ1n) is 9.36. The third-order valence-electron chi connectivity index (χ3n) is 5.12. The van der Waals surface area contributed by atoms with Crippen molar-refractivity contribution in [2.45, 2.75) is 25.7 Å². The molecule has 2 heterocycles. The highest BCUT2D eigenvalue weighted by molar-refractivity contribution is 6.49. The van der Waals surface area contributed by atoms with E-state index in [0.29, 0.717) is 36.2 Å². The maximum absolute atomic E-state index is 13.3. The molecule has 2 aromatic rings. The number of nitrogens with one attached hydrogen (secondary N) is 1. The number of nitrogens with zero attached hydrogens (tertiary/aromatic N) is 1. The van der Waals surface area contributed by atoms with Crippen molar-refractivity contribution in [3.05, 3.63) is 59.7 Å². The molecule has 2 aliphatic heterocycles. The highest BCUT2D eigenvalue weighted by atomic mass is 16.4. The van der Waals surface area contributed by atoms with Gasteiger partial charge in [0, 0.05) is 29.8 Å². The summed E-state index contributed by atoms with van der Waals surface area (Å²) in [7, 11) is 0. The minimum atomic E-state index is -0.805. The Hall–Kier alpha value is -3.41. The normalized spacial score (nSPS) is 17.5. The van der Waals surface area contributed by atoms with Gasteiger partial charge in [-0.2, -0.15) is 0 Å². The van der Waals surface area contributed by atoms with Crippen LogP contribution in [0.1, 0.15) is 36.8 Å². The fraction of sp³-hybridized carbons (Fsp3) is 0.227. The van der Waals surface area contributed by atoms with Crippen molar-refractivity contribution < 1.29 is 19.5 Å². The van der Waals surface area contributed by atoms with Crippen LogP contribution >= 0.6 is 0 Å². The summed E-state index contributed by atoms with van der Waals surface area (Å²) in [6, 6.07) is 14.9. The van der Waals surface area contributed by atoms with Crippen molar-refractivity contribution in [1.82, 2.24) is 0 Å². The van der Waals surface area contributed by atoms with Crippen LogP contribution < -0.4 is 10.2 Å². The summed E-state index contributed by atoms with van der Waals surface area (Å²) in [5.41, 5.74) is 3.87. The maximum Gasteiger partial charge on any atom is 0.303 e.